The second kappa shape index (κ2) is 8.00. The first kappa shape index (κ1) is 19.5. The first-order chi connectivity index (χ1) is 15.1. The van der Waals surface area contributed by atoms with Crippen LogP contribution in [0.1, 0.15) is 24.0 Å². The van der Waals surface area contributed by atoms with Gasteiger partial charge in [0.1, 0.15) is 0 Å². The summed E-state index contributed by atoms with van der Waals surface area (Å²) >= 11 is 0. The lowest BCUT2D eigenvalue weighted by molar-refractivity contribution is -0.115. The van der Waals surface area contributed by atoms with E-state index < -0.39 is 0 Å². The zero-order valence-electron chi connectivity index (χ0n) is 17.4. The lowest BCUT2D eigenvalue weighted by Crippen LogP contribution is -2.36. The third kappa shape index (κ3) is 3.96. The number of aliphatic hydroxyl groups excluding tert-OH is 1. The number of para-hydroxylation sites is 1. The minimum atomic E-state index is -0.182. The number of nitrogens with one attached hydrogen (secondary N) is 2. The number of aliphatic hydroxyl groups is 1. The highest BCUT2D eigenvalue weighted by Gasteiger charge is 2.21. The van der Waals surface area contributed by atoms with E-state index in [0.717, 1.165) is 59.7 Å². The van der Waals surface area contributed by atoms with Crippen LogP contribution in [-0.2, 0) is 11.2 Å². The predicted octanol–water partition coefficient (Wildman–Crippen LogP) is 3.65. The summed E-state index contributed by atoms with van der Waals surface area (Å²) in [7, 11) is 0. The zero-order chi connectivity index (χ0) is 21.4. The molecule has 7 nitrogen and oxygen atoms in total. The summed E-state index contributed by atoms with van der Waals surface area (Å²) in [5.74, 6) is 0.433. The molecule has 0 radical (unpaired) electrons. The Morgan fingerprint density at radius 3 is 2.77 bits per heavy atom. The van der Waals surface area contributed by atoms with Crippen LogP contribution < -0.4 is 15.5 Å². The van der Waals surface area contributed by atoms with Crippen LogP contribution in [0.5, 0.6) is 0 Å². The molecule has 0 bridgehead atoms. The number of nitrogens with zero attached hydrogens (tertiary/aromatic N) is 3. The number of carbonyl (C=O) groups is 1. The Labute approximate surface area is 181 Å². The molecule has 1 amide bonds. The minimum Gasteiger partial charge on any atom is -0.393 e. The molecule has 2 aliphatic heterocycles. The highest BCUT2D eigenvalue weighted by molar-refractivity contribution is 5.99. The molecule has 3 heterocycles. The van der Waals surface area contributed by atoms with Gasteiger partial charge in [-0.15, -0.1) is 0 Å². The monoisotopic (exact) mass is 415 g/mol. The quantitative estimate of drug-likeness (QED) is 0.605. The minimum absolute atomic E-state index is 0.0630. The number of amides is 1. The average Bonchev–Trinajstić information content (AvgIpc) is 2.90. The Morgan fingerprint density at radius 1 is 1.16 bits per heavy atom. The molecule has 1 saturated heterocycles. The highest BCUT2D eigenvalue weighted by atomic mass is 16.3. The molecule has 0 spiro atoms. The molecule has 2 aliphatic rings. The molecule has 7 heteroatoms. The third-order valence-electron chi connectivity index (χ3n) is 5.93. The van der Waals surface area contributed by atoms with E-state index >= 15 is 0 Å². The molecule has 0 aliphatic carbocycles. The first-order valence-electron chi connectivity index (χ1n) is 10.6. The van der Waals surface area contributed by atoms with E-state index in [1.54, 1.807) is 6.20 Å². The van der Waals surface area contributed by atoms with E-state index in [0.29, 0.717) is 5.95 Å². The fourth-order valence-corrected chi connectivity index (χ4v) is 4.32. The number of hydrogen-bond acceptors (Lipinski definition) is 6. The van der Waals surface area contributed by atoms with Crippen LogP contribution in [0.15, 0.2) is 48.7 Å². The maximum absolute atomic E-state index is 12.2. The average molecular weight is 415 g/mol. The van der Waals surface area contributed by atoms with Crippen LogP contribution in [-0.4, -0.2) is 40.2 Å². The molecule has 5 rings (SSSR count). The Balaban J connectivity index is 1.41. The second-order valence-electron chi connectivity index (χ2n) is 8.18. The zero-order valence-corrected chi connectivity index (χ0v) is 17.4. The van der Waals surface area contributed by atoms with Crippen LogP contribution in [0, 0.1) is 6.92 Å². The van der Waals surface area contributed by atoms with Gasteiger partial charge in [0.25, 0.3) is 0 Å². The predicted molar refractivity (Wildman–Crippen MR) is 122 cm³/mol. The summed E-state index contributed by atoms with van der Waals surface area (Å²) in [6, 6.07) is 13.9. The molecule has 158 valence electrons. The van der Waals surface area contributed by atoms with Crippen molar-refractivity contribution in [1.29, 1.82) is 0 Å². The van der Waals surface area contributed by atoms with Gasteiger partial charge in [-0.3, -0.25) is 4.79 Å². The van der Waals surface area contributed by atoms with E-state index in [-0.39, 0.29) is 18.4 Å². The fraction of sp³-hybridized carbons (Fsp3) is 0.292. The van der Waals surface area contributed by atoms with Crippen molar-refractivity contribution in [3.05, 3.63) is 59.8 Å². The molecule has 0 unspecified atom stereocenters. The van der Waals surface area contributed by atoms with Gasteiger partial charge < -0.3 is 20.6 Å². The largest absolute Gasteiger partial charge is 0.393 e. The van der Waals surface area contributed by atoms with Gasteiger partial charge in [-0.2, -0.15) is 0 Å². The molecule has 2 aromatic carbocycles. The van der Waals surface area contributed by atoms with Crippen molar-refractivity contribution in [2.45, 2.75) is 32.3 Å². The summed E-state index contributed by atoms with van der Waals surface area (Å²) in [5.41, 5.74) is 6.51. The number of benzene rings is 2. The molecule has 0 saturated carbocycles. The van der Waals surface area contributed by atoms with Gasteiger partial charge in [-0.1, -0.05) is 18.2 Å². The topological polar surface area (TPSA) is 90.4 Å². The number of anilines is 4. The van der Waals surface area contributed by atoms with Crippen molar-refractivity contribution in [1.82, 2.24) is 9.97 Å². The van der Waals surface area contributed by atoms with Crippen LogP contribution in [0.3, 0.4) is 0 Å². The van der Waals surface area contributed by atoms with Crippen molar-refractivity contribution < 1.29 is 9.90 Å². The fourth-order valence-electron chi connectivity index (χ4n) is 4.32. The van der Waals surface area contributed by atoms with Crippen molar-refractivity contribution in [2.24, 2.45) is 0 Å². The van der Waals surface area contributed by atoms with Gasteiger partial charge in [0.15, 0.2) is 0 Å². The van der Waals surface area contributed by atoms with Gasteiger partial charge in [0.05, 0.1) is 23.9 Å². The Bertz CT molecular complexity index is 1140. The van der Waals surface area contributed by atoms with Crippen molar-refractivity contribution in [3.8, 4) is 11.3 Å². The van der Waals surface area contributed by atoms with Crippen LogP contribution in [0.4, 0.5) is 23.0 Å². The van der Waals surface area contributed by atoms with E-state index in [1.807, 2.05) is 30.3 Å². The summed E-state index contributed by atoms with van der Waals surface area (Å²) in [5, 5.41) is 16.0. The van der Waals surface area contributed by atoms with E-state index in [4.69, 9.17) is 4.98 Å². The Morgan fingerprint density at radius 2 is 1.97 bits per heavy atom. The summed E-state index contributed by atoms with van der Waals surface area (Å²) in [6.45, 7) is 3.83. The normalized spacial score (nSPS) is 16.2. The Kier molecular flexibility index (Phi) is 5.03. The summed E-state index contributed by atoms with van der Waals surface area (Å²) < 4.78 is 0. The molecule has 3 aromatic rings. The maximum Gasteiger partial charge on any atom is 0.228 e. The Hall–Kier alpha value is -3.45. The molecule has 31 heavy (non-hydrogen) atoms. The van der Waals surface area contributed by atoms with Gasteiger partial charge in [0.2, 0.25) is 11.9 Å². The lowest BCUT2D eigenvalue weighted by atomic mass is 10.0. The van der Waals surface area contributed by atoms with Crippen molar-refractivity contribution >= 4 is 28.9 Å². The highest BCUT2D eigenvalue weighted by Crippen LogP contribution is 2.33. The number of aromatic nitrogens is 2. The van der Waals surface area contributed by atoms with Gasteiger partial charge in [-0.05, 0) is 49.6 Å². The number of fused-ring (bicyclic) bond motifs is 3. The number of rotatable bonds is 3. The van der Waals surface area contributed by atoms with Crippen LogP contribution in [0.2, 0.25) is 0 Å². The standard InChI is InChI=1S/C24H25N5O2/c1-15-12-17(6-7-21(15)29-10-8-18(30)9-11-29)26-24-25-14-16-13-22(31)27-20-5-3-2-4-19(20)23(16)28-24/h2-7,12,14,18,30H,8-11,13H2,1H3,(H,27,31)(H,25,26,28). The van der Waals surface area contributed by atoms with Gasteiger partial charge in [-0.25, -0.2) is 9.97 Å². The number of aryl methyl sites for hydroxylation is 1. The van der Waals surface area contributed by atoms with Crippen LogP contribution in [0.25, 0.3) is 11.3 Å². The molecular weight excluding hydrogens is 390 g/mol. The number of piperidine rings is 1. The number of hydrogen-bond donors (Lipinski definition) is 3. The molecule has 1 aromatic heterocycles. The maximum atomic E-state index is 12.2. The third-order valence-corrected chi connectivity index (χ3v) is 5.93. The smallest absolute Gasteiger partial charge is 0.228 e. The van der Waals surface area contributed by atoms with E-state index in [9.17, 15) is 9.90 Å². The molecule has 3 N–H and O–H groups in total. The molecular formula is C24H25N5O2. The summed E-state index contributed by atoms with van der Waals surface area (Å²) in [4.78, 5) is 23.7. The SMILES string of the molecule is Cc1cc(Nc2ncc3c(n2)-c2ccccc2NC(=O)C3)ccc1N1CCC(O)CC1. The number of carbonyl (C=O) groups excluding carboxylic acids is 1. The summed E-state index contributed by atoms with van der Waals surface area (Å²) in [6.07, 6.45) is 3.41. The van der Waals surface area contributed by atoms with Crippen molar-refractivity contribution in [2.75, 3.05) is 28.6 Å². The second-order valence-corrected chi connectivity index (χ2v) is 8.18. The van der Waals surface area contributed by atoms with Gasteiger partial charge in [0, 0.05) is 41.8 Å². The van der Waals surface area contributed by atoms with E-state index in [2.05, 4.69) is 39.6 Å². The molecule has 0 atom stereocenters. The molecule has 1 fully saturated rings. The van der Waals surface area contributed by atoms with Gasteiger partial charge >= 0.3 is 0 Å². The van der Waals surface area contributed by atoms with Crippen molar-refractivity contribution in [3.63, 3.8) is 0 Å². The first-order valence-corrected chi connectivity index (χ1v) is 10.6. The lowest BCUT2D eigenvalue weighted by Gasteiger charge is -2.32. The van der Waals surface area contributed by atoms with E-state index in [1.165, 1.54) is 5.69 Å². The van der Waals surface area contributed by atoms with Crippen LogP contribution >= 0.6 is 0 Å².